The van der Waals surface area contributed by atoms with E-state index in [0.717, 1.165) is 0 Å². The van der Waals surface area contributed by atoms with E-state index < -0.39 is 10.3 Å². The van der Waals surface area contributed by atoms with Gasteiger partial charge in [-0.2, -0.15) is 8.42 Å². The van der Waals surface area contributed by atoms with Gasteiger partial charge in [-0.1, -0.05) is 0 Å². The van der Waals surface area contributed by atoms with Crippen LogP contribution in [-0.4, -0.2) is 13.4 Å². The summed E-state index contributed by atoms with van der Waals surface area (Å²) in [6.07, 6.45) is 3.09. The molecule has 66 valence electrons. The van der Waals surface area contributed by atoms with Crippen molar-refractivity contribution in [2.45, 2.75) is 6.61 Å². The van der Waals surface area contributed by atoms with Gasteiger partial charge < -0.3 is 0 Å². The summed E-state index contributed by atoms with van der Waals surface area (Å²) < 4.78 is 25.0. The summed E-state index contributed by atoms with van der Waals surface area (Å²) >= 11 is 0. The van der Waals surface area contributed by atoms with E-state index in [4.69, 9.17) is 0 Å². The quantitative estimate of drug-likeness (QED) is 0.712. The average Bonchev–Trinajstić information content (AvgIpc) is 2.02. The smallest absolute Gasteiger partial charge is 0.265 e. The summed E-state index contributed by atoms with van der Waals surface area (Å²) in [5, 5.41) is 4.62. The molecule has 0 bridgehead atoms. The molecule has 0 aliphatic carbocycles. The zero-order valence-corrected chi connectivity index (χ0v) is 6.99. The first-order chi connectivity index (χ1) is 5.58. The van der Waals surface area contributed by atoms with Crippen molar-refractivity contribution in [1.29, 1.82) is 0 Å². The van der Waals surface area contributed by atoms with Gasteiger partial charge in [-0.15, -0.1) is 0 Å². The molecule has 1 rings (SSSR count). The third kappa shape index (κ3) is 3.42. The topological polar surface area (TPSA) is 82.3 Å². The zero-order chi connectivity index (χ0) is 9.03. The first-order valence-electron chi connectivity index (χ1n) is 3.14. The maximum absolute atomic E-state index is 10.3. The lowest BCUT2D eigenvalue weighted by Gasteiger charge is -1.99. The summed E-state index contributed by atoms with van der Waals surface area (Å²) in [7, 11) is -3.84. The maximum Gasteiger partial charge on any atom is 0.333 e. The standard InChI is InChI=1S/C6H8N2O3S/c7-12(9,10)11-5-6-1-3-8-4-2-6/h1-4H,5H2,(H2,7,9,10). The molecule has 0 saturated heterocycles. The number of rotatable bonds is 3. The second-order valence-corrected chi connectivity index (χ2v) is 3.33. The van der Waals surface area contributed by atoms with Gasteiger partial charge >= 0.3 is 10.3 Å². The van der Waals surface area contributed by atoms with Crippen LogP contribution in [0.15, 0.2) is 24.5 Å². The van der Waals surface area contributed by atoms with Crippen LogP contribution in [0.2, 0.25) is 0 Å². The molecule has 0 aromatic carbocycles. The molecule has 5 nitrogen and oxygen atoms in total. The van der Waals surface area contributed by atoms with Crippen LogP contribution < -0.4 is 5.14 Å². The molecular weight excluding hydrogens is 180 g/mol. The van der Waals surface area contributed by atoms with Crippen molar-refractivity contribution < 1.29 is 12.6 Å². The molecule has 0 amide bonds. The summed E-state index contributed by atoms with van der Waals surface area (Å²) in [4.78, 5) is 3.75. The Kier molecular flexibility index (Phi) is 2.74. The summed E-state index contributed by atoms with van der Waals surface area (Å²) in [5.41, 5.74) is 0.707. The Bertz CT molecular complexity index is 335. The summed E-state index contributed by atoms with van der Waals surface area (Å²) in [6, 6.07) is 3.29. The van der Waals surface area contributed by atoms with Gasteiger partial charge in [-0.25, -0.2) is 5.14 Å². The lowest BCUT2D eigenvalue weighted by Crippen LogP contribution is -2.15. The van der Waals surface area contributed by atoms with Crippen LogP contribution in [0, 0.1) is 0 Å². The minimum absolute atomic E-state index is 0.0542. The molecule has 0 radical (unpaired) electrons. The predicted molar refractivity (Wildman–Crippen MR) is 42.1 cm³/mol. The van der Waals surface area contributed by atoms with Crippen molar-refractivity contribution in [3.63, 3.8) is 0 Å². The number of aromatic nitrogens is 1. The SMILES string of the molecule is NS(=O)(=O)OCc1ccncc1. The van der Waals surface area contributed by atoms with Crippen molar-refractivity contribution in [2.24, 2.45) is 5.14 Å². The molecule has 0 unspecified atom stereocenters. The Hall–Kier alpha value is -0.980. The fourth-order valence-corrected chi connectivity index (χ4v) is 0.930. The largest absolute Gasteiger partial charge is 0.333 e. The minimum atomic E-state index is -3.84. The third-order valence-electron chi connectivity index (χ3n) is 1.14. The zero-order valence-electron chi connectivity index (χ0n) is 6.17. The Labute approximate surface area is 70.4 Å². The second kappa shape index (κ2) is 3.61. The van der Waals surface area contributed by atoms with Crippen molar-refractivity contribution in [3.8, 4) is 0 Å². The van der Waals surface area contributed by atoms with Gasteiger partial charge in [-0.05, 0) is 17.7 Å². The Morgan fingerprint density at radius 3 is 2.50 bits per heavy atom. The molecule has 0 fully saturated rings. The molecule has 2 N–H and O–H groups in total. The van der Waals surface area contributed by atoms with Gasteiger partial charge in [0.05, 0.1) is 6.61 Å². The Morgan fingerprint density at radius 2 is 2.00 bits per heavy atom. The number of hydrogen-bond donors (Lipinski definition) is 1. The second-order valence-electron chi connectivity index (χ2n) is 2.11. The fourth-order valence-electron chi connectivity index (χ4n) is 0.629. The molecule has 1 aromatic rings. The highest BCUT2D eigenvalue weighted by molar-refractivity contribution is 7.84. The van der Waals surface area contributed by atoms with E-state index in [9.17, 15) is 8.42 Å². The van der Waals surface area contributed by atoms with Gasteiger partial charge in [0.25, 0.3) is 0 Å². The van der Waals surface area contributed by atoms with Crippen LogP contribution in [0.1, 0.15) is 5.56 Å². The van der Waals surface area contributed by atoms with E-state index in [1.807, 2.05) is 0 Å². The highest BCUT2D eigenvalue weighted by atomic mass is 32.2. The van der Waals surface area contributed by atoms with Crippen LogP contribution >= 0.6 is 0 Å². The summed E-state index contributed by atoms with van der Waals surface area (Å²) in [6.45, 7) is -0.0542. The lowest BCUT2D eigenvalue weighted by atomic mass is 10.3. The van der Waals surface area contributed by atoms with E-state index >= 15 is 0 Å². The van der Waals surface area contributed by atoms with Crippen LogP contribution in [-0.2, 0) is 21.1 Å². The van der Waals surface area contributed by atoms with Gasteiger partial charge in [0, 0.05) is 12.4 Å². The van der Waals surface area contributed by atoms with E-state index in [2.05, 4.69) is 14.3 Å². The molecule has 12 heavy (non-hydrogen) atoms. The van der Waals surface area contributed by atoms with Crippen LogP contribution in [0.25, 0.3) is 0 Å². The normalized spacial score (nSPS) is 11.4. The van der Waals surface area contributed by atoms with Crippen molar-refractivity contribution in [3.05, 3.63) is 30.1 Å². The lowest BCUT2D eigenvalue weighted by molar-refractivity contribution is 0.308. The van der Waals surface area contributed by atoms with Crippen molar-refractivity contribution >= 4 is 10.3 Å². The molecule has 0 saturated carbocycles. The number of hydrogen-bond acceptors (Lipinski definition) is 4. The molecule has 0 aliphatic heterocycles. The molecule has 0 spiro atoms. The molecular formula is C6H8N2O3S. The minimum Gasteiger partial charge on any atom is -0.265 e. The maximum atomic E-state index is 10.3. The molecule has 1 aromatic heterocycles. The van der Waals surface area contributed by atoms with Gasteiger partial charge in [0.1, 0.15) is 0 Å². The first-order valence-corrected chi connectivity index (χ1v) is 4.61. The Balaban J connectivity index is 2.56. The highest BCUT2D eigenvalue weighted by Gasteiger charge is 2.01. The van der Waals surface area contributed by atoms with Gasteiger partial charge in [-0.3, -0.25) is 9.17 Å². The molecule has 6 heteroatoms. The van der Waals surface area contributed by atoms with E-state index in [1.54, 1.807) is 24.5 Å². The molecule has 1 heterocycles. The van der Waals surface area contributed by atoms with Crippen LogP contribution in [0.5, 0.6) is 0 Å². The number of nitrogens with two attached hydrogens (primary N) is 1. The third-order valence-corrected chi connectivity index (χ3v) is 1.59. The van der Waals surface area contributed by atoms with E-state index in [-0.39, 0.29) is 6.61 Å². The van der Waals surface area contributed by atoms with Gasteiger partial charge in [0.15, 0.2) is 0 Å². The van der Waals surface area contributed by atoms with Gasteiger partial charge in [0.2, 0.25) is 0 Å². The van der Waals surface area contributed by atoms with E-state index in [0.29, 0.717) is 5.56 Å². The van der Waals surface area contributed by atoms with E-state index in [1.165, 1.54) is 0 Å². The van der Waals surface area contributed by atoms with Crippen molar-refractivity contribution in [2.75, 3.05) is 0 Å². The number of nitrogens with zero attached hydrogens (tertiary/aromatic N) is 1. The predicted octanol–water partition coefficient (Wildman–Crippen LogP) is -0.198. The van der Waals surface area contributed by atoms with Crippen LogP contribution in [0.4, 0.5) is 0 Å². The highest BCUT2D eigenvalue weighted by Crippen LogP contribution is 1.99. The van der Waals surface area contributed by atoms with Crippen LogP contribution in [0.3, 0.4) is 0 Å². The molecule has 0 atom stereocenters. The average molecular weight is 188 g/mol. The fraction of sp³-hybridized carbons (Fsp3) is 0.167. The molecule has 0 aliphatic rings. The first kappa shape index (κ1) is 9.11. The van der Waals surface area contributed by atoms with Crippen molar-refractivity contribution in [1.82, 2.24) is 4.98 Å². The Morgan fingerprint density at radius 1 is 1.42 bits per heavy atom. The number of pyridine rings is 1. The summed E-state index contributed by atoms with van der Waals surface area (Å²) in [5.74, 6) is 0. The monoisotopic (exact) mass is 188 g/mol.